The van der Waals surface area contributed by atoms with E-state index in [9.17, 15) is 9.90 Å². The monoisotopic (exact) mass is 422 g/mol. The minimum atomic E-state index is 0.206. The summed E-state index contributed by atoms with van der Waals surface area (Å²) >= 11 is 0. The lowest BCUT2D eigenvalue weighted by atomic mass is 9.98. The molecule has 1 aromatic carbocycles. The van der Waals surface area contributed by atoms with E-state index in [1.165, 1.54) is 5.69 Å². The predicted octanol–water partition coefficient (Wildman–Crippen LogP) is 4.36. The minimum Gasteiger partial charge on any atom is -0.396 e. The number of aromatic nitrogens is 1. The number of carbonyl (C=O) groups is 1. The van der Waals surface area contributed by atoms with Crippen LogP contribution in [0.4, 0.5) is 22.9 Å². The summed E-state index contributed by atoms with van der Waals surface area (Å²) in [7, 11) is 0. The number of pyridine rings is 1. The van der Waals surface area contributed by atoms with E-state index >= 15 is 0 Å². The maximum atomic E-state index is 12.5. The fourth-order valence-corrected chi connectivity index (χ4v) is 4.48. The van der Waals surface area contributed by atoms with Crippen LogP contribution in [0, 0.1) is 11.8 Å². The molecule has 1 aromatic heterocycles. The lowest BCUT2D eigenvalue weighted by molar-refractivity contribution is -0.118. The first-order valence-electron chi connectivity index (χ1n) is 11.6. The maximum absolute atomic E-state index is 12.5. The van der Waals surface area contributed by atoms with E-state index < -0.39 is 0 Å². The Morgan fingerprint density at radius 1 is 1.23 bits per heavy atom. The quantitative estimate of drug-likeness (QED) is 0.694. The summed E-state index contributed by atoms with van der Waals surface area (Å²) in [5.74, 6) is 1.89. The molecule has 6 nitrogen and oxygen atoms in total. The molecule has 1 atom stereocenters. The largest absolute Gasteiger partial charge is 0.396 e. The van der Waals surface area contributed by atoms with E-state index in [-0.39, 0.29) is 12.5 Å². The van der Waals surface area contributed by atoms with Gasteiger partial charge in [0.2, 0.25) is 5.91 Å². The second-order valence-corrected chi connectivity index (χ2v) is 9.23. The Labute approximate surface area is 185 Å². The zero-order valence-corrected chi connectivity index (χ0v) is 18.7. The Balaban J connectivity index is 1.46. The first-order chi connectivity index (χ1) is 15.0. The molecule has 0 aliphatic carbocycles. The number of benzene rings is 1. The minimum absolute atomic E-state index is 0.206. The average molecular weight is 423 g/mol. The van der Waals surface area contributed by atoms with Crippen LogP contribution in [0.5, 0.6) is 0 Å². The fourth-order valence-electron chi connectivity index (χ4n) is 4.48. The molecule has 0 bridgehead atoms. The zero-order chi connectivity index (χ0) is 21.8. The Hall–Kier alpha value is -2.60. The molecule has 0 radical (unpaired) electrons. The Kier molecular flexibility index (Phi) is 6.76. The molecule has 6 heteroatoms. The van der Waals surface area contributed by atoms with Crippen LogP contribution in [-0.2, 0) is 11.2 Å². The van der Waals surface area contributed by atoms with Crippen LogP contribution in [0.15, 0.2) is 36.5 Å². The highest BCUT2D eigenvalue weighted by atomic mass is 16.3. The first-order valence-corrected chi connectivity index (χ1v) is 11.6. The molecule has 2 N–H and O–H groups in total. The number of aliphatic hydroxyl groups is 1. The molecule has 1 saturated heterocycles. The number of nitrogens with zero attached hydrogens (tertiary/aromatic N) is 3. The van der Waals surface area contributed by atoms with Gasteiger partial charge in [-0.15, -0.1) is 0 Å². The van der Waals surface area contributed by atoms with Gasteiger partial charge < -0.3 is 20.2 Å². The summed E-state index contributed by atoms with van der Waals surface area (Å²) in [5, 5.41) is 12.9. The van der Waals surface area contributed by atoms with Crippen molar-refractivity contribution in [2.45, 2.75) is 46.0 Å². The van der Waals surface area contributed by atoms with Crippen LogP contribution in [0.3, 0.4) is 0 Å². The first kappa shape index (κ1) is 21.6. The van der Waals surface area contributed by atoms with Gasteiger partial charge in [-0.2, -0.15) is 0 Å². The average Bonchev–Trinajstić information content (AvgIpc) is 2.79. The van der Waals surface area contributed by atoms with Crippen molar-refractivity contribution in [3.63, 3.8) is 0 Å². The van der Waals surface area contributed by atoms with Crippen LogP contribution in [0.1, 0.15) is 45.1 Å². The van der Waals surface area contributed by atoms with E-state index in [1.807, 2.05) is 17.2 Å². The summed E-state index contributed by atoms with van der Waals surface area (Å²) in [6, 6.07) is 10.4. The SMILES string of the molecule is CC(C)CCN1C(=O)CCc2cnc(Nc3ccc(N4CCCC(CO)C4)cc3)cc21. The number of rotatable bonds is 7. The van der Waals surface area contributed by atoms with Crippen molar-refractivity contribution in [1.29, 1.82) is 0 Å². The van der Waals surface area contributed by atoms with Gasteiger partial charge in [0, 0.05) is 56.3 Å². The molecule has 4 rings (SSSR count). The molecule has 1 fully saturated rings. The second kappa shape index (κ2) is 9.69. The summed E-state index contributed by atoms with van der Waals surface area (Å²) in [6.45, 7) is 7.34. The van der Waals surface area contributed by atoms with Gasteiger partial charge in [0.05, 0.1) is 5.69 Å². The molecule has 2 aromatic rings. The van der Waals surface area contributed by atoms with Gasteiger partial charge in [-0.05, 0) is 67.3 Å². The molecule has 2 aliphatic rings. The van der Waals surface area contributed by atoms with Crippen molar-refractivity contribution in [3.8, 4) is 0 Å². The van der Waals surface area contributed by atoms with Gasteiger partial charge in [-0.25, -0.2) is 4.98 Å². The number of piperidine rings is 1. The molecule has 3 heterocycles. The van der Waals surface area contributed by atoms with E-state index in [4.69, 9.17) is 0 Å². The topological polar surface area (TPSA) is 68.7 Å². The van der Waals surface area contributed by atoms with E-state index in [2.05, 4.69) is 53.3 Å². The Morgan fingerprint density at radius 3 is 2.77 bits per heavy atom. The van der Waals surface area contributed by atoms with E-state index in [0.717, 1.165) is 68.1 Å². The molecule has 166 valence electrons. The number of aryl methyl sites for hydroxylation is 1. The van der Waals surface area contributed by atoms with Gasteiger partial charge in [0.25, 0.3) is 0 Å². The lowest BCUT2D eigenvalue weighted by Crippen LogP contribution is -2.36. The third kappa shape index (κ3) is 5.18. The highest BCUT2D eigenvalue weighted by Crippen LogP contribution is 2.31. The fraction of sp³-hybridized carbons (Fsp3) is 0.520. The van der Waals surface area contributed by atoms with Crippen molar-refractivity contribution >= 4 is 28.8 Å². The normalized spacial score (nSPS) is 19.0. The standard InChI is InChI=1S/C25H34N4O2/c1-18(2)11-13-29-23-14-24(26-15-20(23)5-10-25(29)31)27-21-6-8-22(9-7-21)28-12-3-4-19(16-28)17-30/h6-9,14-15,18-19,30H,3-5,10-13,16-17H2,1-2H3,(H,26,27). The van der Waals surface area contributed by atoms with Gasteiger partial charge in [0.1, 0.15) is 5.82 Å². The summed E-state index contributed by atoms with van der Waals surface area (Å²) in [4.78, 5) is 21.4. The Morgan fingerprint density at radius 2 is 2.03 bits per heavy atom. The Bertz CT molecular complexity index is 897. The number of hydrogen-bond donors (Lipinski definition) is 2. The highest BCUT2D eigenvalue weighted by Gasteiger charge is 2.25. The molecule has 2 aliphatic heterocycles. The van der Waals surface area contributed by atoms with Crippen LogP contribution >= 0.6 is 0 Å². The van der Waals surface area contributed by atoms with E-state index in [0.29, 0.717) is 18.3 Å². The number of aliphatic hydroxyl groups excluding tert-OH is 1. The summed E-state index contributed by atoms with van der Waals surface area (Å²) in [6.07, 6.45) is 6.45. The number of carbonyl (C=O) groups excluding carboxylic acids is 1. The van der Waals surface area contributed by atoms with Gasteiger partial charge in [0.15, 0.2) is 0 Å². The number of hydrogen-bond acceptors (Lipinski definition) is 5. The summed E-state index contributed by atoms with van der Waals surface area (Å²) in [5.41, 5.74) is 4.30. The van der Waals surface area contributed by atoms with Crippen LogP contribution in [-0.4, -0.2) is 42.2 Å². The number of amides is 1. The molecule has 0 spiro atoms. The zero-order valence-electron chi connectivity index (χ0n) is 18.7. The van der Waals surface area contributed by atoms with Crippen molar-refractivity contribution in [2.75, 3.05) is 41.4 Å². The van der Waals surface area contributed by atoms with Crippen LogP contribution in [0.2, 0.25) is 0 Å². The second-order valence-electron chi connectivity index (χ2n) is 9.23. The molecule has 0 saturated carbocycles. The highest BCUT2D eigenvalue weighted by molar-refractivity contribution is 5.96. The van der Waals surface area contributed by atoms with Crippen molar-refractivity contribution in [2.24, 2.45) is 11.8 Å². The molecule has 1 amide bonds. The van der Waals surface area contributed by atoms with Gasteiger partial charge >= 0.3 is 0 Å². The van der Waals surface area contributed by atoms with Crippen LogP contribution in [0.25, 0.3) is 0 Å². The molecule has 31 heavy (non-hydrogen) atoms. The number of nitrogens with one attached hydrogen (secondary N) is 1. The van der Waals surface area contributed by atoms with Crippen molar-refractivity contribution < 1.29 is 9.90 Å². The predicted molar refractivity (Wildman–Crippen MR) is 126 cm³/mol. The molecular weight excluding hydrogens is 388 g/mol. The van der Waals surface area contributed by atoms with Crippen molar-refractivity contribution in [3.05, 3.63) is 42.1 Å². The van der Waals surface area contributed by atoms with E-state index in [1.54, 1.807) is 0 Å². The smallest absolute Gasteiger partial charge is 0.227 e. The lowest BCUT2D eigenvalue weighted by Gasteiger charge is -2.33. The van der Waals surface area contributed by atoms with Gasteiger partial charge in [-0.3, -0.25) is 4.79 Å². The third-order valence-electron chi connectivity index (χ3n) is 6.37. The maximum Gasteiger partial charge on any atom is 0.227 e. The molecular formula is C25H34N4O2. The number of fused-ring (bicyclic) bond motifs is 1. The third-order valence-corrected chi connectivity index (χ3v) is 6.37. The molecule has 1 unspecified atom stereocenters. The van der Waals surface area contributed by atoms with Gasteiger partial charge in [-0.1, -0.05) is 13.8 Å². The summed E-state index contributed by atoms with van der Waals surface area (Å²) < 4.78 is 0. The number of anilines is 4. The van der Waals surface area contributed by atoms with Crippen molar-refractivity contribution in [1.82, 2.24) is 4.98 Å². The van der Waals surface area contributed by atoms with Crippen LogP contribution < -0.4 is 15.1 Å².